The largest absolute Gasteiger partial charge is 0.497 e. The fraction of sp³-hybridized carbons (Fsp3) is 0.318. The molecule has 0 saturated carbocycles. The van der Waals surface area contributed by atoms with Crippen LogP contribution in [0.4, 0.5) is 0 Å². The lowest BCUT2D eigenvalue weighted by molar-refractivity contribution is -0.120. The van der Waals surface area contributed by atoms with Crippen molar-refractivity contribution in [2.45, 2.75) is 20.0 Å². The summed E-state index contributed by atoms with van der Waals surface area (Å²) in [6.45, 7) is 3.39. The number of hydrogen-bond acceptors (Lipinski definition) is 7. The van der Waals surface area contributed by atoms with Gasteiger partial charge >= 0.3 is 0 Å². The molecule has 2 aromatic carbocycles. The van der Waals surface area contributed by atoms with Gasteiger partial charge in [-0.1, -0.05) is 0 Å². The number of hydrazine groups is 1. The number of carbonyl (C=O) groups is 3. The second-order valence-corrected chi connectivity index (χ2v) is 6.82. The molecule has 10 heteroatoms. The quantitative estimate of drug-likeness (QED) is 0.502. The first-order valence-electron chi connectivity index (χ1n) is 9.72. The van der Waals surface area contributed by atoms with Crippen LogP contribution in [0.1, 0.15) is 34.6 Å². The van der Waals surface area contributed by atoms with Gasteiger partial charge in [-0.3, -0.25) is 25.2 Å². The van der Waals surface area contributed by atoms with Crippen molar-refractivity contribution in [1.82, 2.24) is 16.2 Å². The molecule has 3 amide bonds. The molecule has 32 heavy (non-hydrogen) atoms. The Kier molecular flexibility index (Phi) is 8.70. The first-order valence-corrected chi connectivity index (χ1v) is 9.72. The van der Waals surface area contributed by atoms with E-state index in [1.807, 2.05) is 13.8 Å². The van der Waals surface area contributed by atoms with Gasteiger partial charge in [-0.05, 0) is 44.2 Å². The molecule has 0 aliphatic heterocycles. The molecule has 10 nitrogen and oxygen atoms in total. The average molecular weight is 445 g/mol. The van der Waals surface area contributed by atoms with Crippen LogP contribution in [0.5, 0.6) is 23.0 Å². The van der Waals surface area contributed by atoms with Crippen molar-refractivity contribution in [2.75, 3.05) is 27.9 Å². The van der Waals surface area contributed by atoms with Gasteiger partial charge in [0.1, 0.15) is 11.5 Å². The van der Waals surface area contributed by atoms with Crippen molar-refractivity contribution < 1.29 is 33.3 Å². The monoisotopic (exact) mass is 445 g/mol. The van der Waals surface area contributed by atoms with Crippen molar-refractivity contribution >= 4 is 17.7 Å². The Balaban J connectivity index is 1.90. The summed E-state index contributed by atoms with van der Waals surface area (Å²) in [5, 5.41) is 2.46. The van der Waals surface area contributed by atoms with Crippen molar-refractivity contribution in [1.29, 1.82) is 0 Å². The lowest BCUT2D eigenvalue weighted by Crippen LogP contribution is -2.46. The highest BCUT2D eigenvalue weighted by Gasteiger charge is 2.14. The van der Waals surface area contributed by atoms with Gasteiger partial charge in [0.05, 0.1) is 34.0 Å². The number of rotatable bonds is 9. The topological polar surface area (TPSA) is 124 Å². The maximum Gasteiger partial charge on any atom is 0.269 e. The summed E-state index contributed by atoms with van der Waals surface area (Å²) < 4.78 is 21.1. The van der Waals surface area contributed by atoms with Gasteiger partial charge in [0.25, 0.3) is 17.7 Å². The third-order valence-corrected chi connectivity index (χ3v) is 4.13. The van der Waals surface area contributed by atoms with E-state index in [1.54, 1.807) is 18.2 Å². The first-order chi connectivity index (χ1) is 15.3. The normalized spacial score (nSPS) is 10.2. The van der Waals surface area contributed by atoms with E-state index in [0.717, 1.165) is 0 Å². The molecule has 0 heterocycles. The number of benzene rings is 2. The fourth-order valence-corrected chi connectivity index (χ4v) is 2.60. The standard InChI is InChI=1S/C22H27N3O7/c1-13(2)32-18-7-6-14(10-19(18)31-5)22(28)25-24-20(26)12-23-21(27)15-8-16(29-3)11-17(9-15)30-4/h6-11,13H,12H2,1-5H3,(H,23,27)(H,24,26)(H,25,28). The van der Waals surface area contributed by atoms with E-state index in [2.05, 4.69) is 16.2 Å². The minimum absolute atomic E-state index is 0.0591. The lowest BCUT2D eigenvalue weighted by atomic mass is 10.2. The van der Waals surface area contributed by atoms with Crippen molar-refractivity contribution in [3.8, 4) is 23.0 Å². The van der Waals surface area contributed by atoms with E-state index in [4.69, 9.17) is 18.9 Å². The van der Waals surface area contributed by atoms with Gasteiger partial charge in [-0.15, -0.1) is 0 Å². The summed E-state index contributed by atoms with van der Waals surface area (Å²) in [7, 11) is 4.40. The molecule has 2 aromatic rings. The zero-order valence-corrected chi connectivity index (χ0v) is 18.6. The zero-order valence-electron chi connectivity index (χ0n) is 18.6. The number of carbonyl (C=O) groups excluding carboxylic acids is 3. The number of ether oxygens (including phenoxy) is 4. The summed E-state index contributed by atoms with van der Waals surface area (Å²) >= 11 is 0. The Hall–Kier alpha value is -3.95. The van der Waals surface area contributed by atoms with Crippen LogP contribution in [0.15, 0.2) is 36.4 Å². The summed E-state index contributed by atoms with van der Waals surface area (Å²) in [4.78, 5) is 36.6. The maximum absolute atomic E-state index is 12.3. The van der Waals surface area contributed by atoms with Crippen LogP contribution < -0.4 is 35.1 Å². The van der Waals surface area contributed by atoms with E-state index >= 15 is 0 Å². The summed E-state index contributed by atoms with van der Waals surface area (Å²) in [5.74, 6) is 0.0792. The van der Waals surface area contributed by atoms with Crippen molar-refractivity contribution in [2.24, 2.45) is 0 Å². The molecule has 0 radical (unpaired) electrons. The second kappa shape index (κ2) is 11.4. The SMILES string of the molecule is COc1cc(OC)cc(C(=O)NCC(=O)NNC(=O)c2ccc(OC(C)C)c(OC)c2)c1. The second-order valence-electron chi connectivity index (χ2n) is 6.82. The minimum Gasteiger partial charge on any atom is -0.497 e. The third kappa shape index (κ3) is 6.79. The van der Waals surface area contributed by atoms with E-state index in [-0.39, 0.29) is 23.8 Å². The minimum atomic E-state index is -0.617. The highest BCUT2D eigenvalue weighted by atomic mass is 16.5. The van der Waals surface area contributed by atoms with Crippen LogP contribution in [-0.4, -0.2) is 51.7 Å². The molecule has 2 rings (SSSR count). The molecular weight excluding hydrogens is 418 g/mol. The predicted molar refractivity (Wildman–Crippen MR) is 116 cm³/mol. The molecule has 0 unspecified atom stereocenters. The predicted octanol–water partition coefficient (Wildman–Crippen LogP) is 1.69. The van der Waals surface area contributed by atoms with E-state index in [9.17, 15) is 14.4 Å². The molecule has 0 aromatic heterocycles. The summed E-state index contributed by atoms with van der Waals surface area (Å²) in [5.41, 5.74) is 5.04. The number of amides is 3. The van der Waals surface area contributed by atoms with Gasteiger partial charge in [0, 0.05) is 17.2 Å². The van der Waals surface area contributed by atoms with E-state index in [1.165, 1.54) is 39.5 Å². The molecule has 3 N–H and O–H groups in total. The Morgan fingerprint density at radius 1 is 0.781 bits per heavy atom. The molecule has 172 valence electrons. The lowest BCUT2D eigenvalue weighted by Gasteiger charge is -2.14. The molecule has 0 spiro atoms. The van der Waals surface area contributed by atoms with Gasteiger partial charge in [0.15, 0.2) is 11.5 Å². The fourth-order valence-electron chi connectivity index (χ4n) is 2.60. The molecule has 0 atom stereocenters. The molecule has 0 fully saturated rings. The van der Waals surface area contributed by atoms with E-state index < -0.39 is 17.7 Å². The van der Waals surface area contributed by atoms with Crippen LogP contribution in [0.2, 0.25) is 0 Å². The van der Waals surface area contributed by atoms with Gasteiger partial charge in [-0.2, -0.15) is 0 Å². The number of methoxy groups -OCH3 is 3. The highest BCUT2D eigenvalue weighted by molar-refractivity contribution is 5.98. The van der Waals surface area contributed by atoms with Crippen molar-refractivity contribution in [3.05, 3.63) is 47.5 Å². The average Bonchev–Trinajstić information content (AvgIpc) is 2.80. The smallest absolute Gasteiger partial charge is 0.269 e. The maximum atomic E-state index is 12.3. The van der Waals surface area contributed by atoms with Crippen LogP contribution in [0, 0.1) is 0 Å². The number of hydrogen-bond donors (Lipinski definition) is 3. The van der Waals surface area contributed by atoms with Gasteiger partial charge in [0.2, 0.25) is 0 Å². The number of nitrogens with one attached hydrogen (secondary N) is 3. The first kappa shape index (κ1) is 24.3. The molecule has 0 aliphatic carbocycles. The van der Waals surface area contributed by atoms with Gasteiger partial charge < -0.3 is 24.3 Å². The summed E-state index contributed by atoms with van der Waals surface area (Å²) in [6.07, 6.45) is -0.0591. The Labute approximate surface area is 186 Å². The Morgan fingerprint density at radius 2 is 1.44 bits per heavy atom. The molecule has 0 bridgehead atoms. The van der Waals surface area contributed by atoms with Crippen LogP contribution in [0.25, 0.3) is 0 Å². The Morgan fingerprint density at radius 3 is 2.00 bits per heavy atom. The van der Waals surface area contributed by atoms with Crippen molar-refractivity contribution in [3.63, 3.8) is 0 Å². The highest BCUT2D eigenvalue weighted by Crippen LogP contribution is 2.29. The van der Waals surface area contributed by atoms with Crippen LogP contribution in [0.3, 0.4) is 0 Å². The van der Waals surface area contributed by atoms with E-state index in [0.29, 0.717) is 23.0 Å². The third-order valence-electron chi connectivity index (χ3n) is 4.13. The van der Waals surface area contributed by atoms with Gasteiger partial charge in [-0.25, -0.2) is 0 Å². The zero-order chi connectivity index (χ0) is 23.7. The van der Waals surface area contributed by atoms with Crippen LogP contribution in [-0.2, 0) is 4.79 Å². The molecular formula is C22H27N3O7. The molecule has 0 aliphatic rings. The van der Waals surface area contributed by atoms with Crippen LogP contribution >= 0.6 is 0 Å². The Bertz CT molecular complexity index is 954. The summed E-state index contributed by atoms with van der Waals surface area (Å²) in [6, 6.07) is 9.29. The molecule has 0 saturated heterocycles.